The van der Waals surface area contributed by atoms with Gasteiger partial charge in [0.05, 0.1) is 31.7 Å². The summed E-state index contributed by atoms with van der Waals surface area (Å²) in [5.41, 5.74) is 4.72. The van der Waals surface area contributed by atoms with Crippen molar-refractivity contribution >= 4 is 34.7 Å². The molecule has 0 aromatic heterocycles. The number of allylic oxidation sites excluding steroid dienone is 3. The highest BCUT2D eigenvalue weighted by Crippen LogP contribution is 2.59. The highest BCUT2D eigenvalue weighted by Gasteiger charge is 2.62. The smallest absolute Gasteiger partial charge is 0.238 e. The summed E-state index contributed by atoms with van der Waals surface area (Å²) in [5.74, 6) is 0.0611. The zero-order chi connectivity index (χ0) is 25.0. The quantitative estimate of drug-likeness (QED) is 0.331. The average molecular weight is 498 g/mol. The van der Waals surface area contributed by atoms with Crippen LogP contribution in [0.3, 0.4) is 0 Å². The number of amides is 2. The van der Waals surface area contributed by atoms with E-state index < -0.39 is 11.8 Å². The topological polar surface area (TPSA) is 55.8 Å². The van der Waals surface area contributed by atoms with Crippen molar-refractivity contribution in [3.63, 3.8) is 0 Å². The Morgan fingerprint density at radius 3 is 1.69 bits per heavy atom. The lowest BCUT2D eigenvalue weighted by molar-refractivity contribution is -0.122. The van der Waals surface area contributed by atoms with Crippen LogP contribution >= 0.6 is 11.6 Å². The van der Waals surface area contributed by atoms with Gasteiger partial charge in [-0.05, 0) is 64.7 Å². The Balaban J connectivity index is 1.48. The number of carbonyl (C=O) groups excluding carboxylic acids is 2. The first kappa shape index (κ1) is 22.6. The van der Waals surface area contributed by atoms with Crippen LogP contribution in [0.1, 0.15) is 11.1 Å². The third-order valence-corrected chi connectivity index (χ3v) is 7.76. The molecule has 1 saturated carbocycles. The fourth-order valence-electron chi connectivity index (χ4n) is 5.98. The summed E-state index contributed by atoms with van der Waals surface area (Å²) in [4.78, 5) is 28.7. The van der Waals surface area contributed by atoms with Crippen molar-refractivity contribution in [2.24, 2.45) is 23.7 Å². The fourth-order valence-corrected chi connectivity index (χ4v) is 6.17. The van der Waals surface area contributed by atoms with Gasteiger partial charge in [0.2, 0.25) is 11.8 Å². The molecular formula is C30H24ClNO4. The van der Waals surface area contributed by atoms with Crippen molar-refractivity contribution in [3.05, 3.63) is 107 Å². The molecule has 36 heavy (non-hydrogen) atoms. The van der Waals surface area contributed by atoms with E-state index in [2.05, 4.69) is 12.2 Å². The van der Waals surface area contributed by atoms with E-state index in [-0.39, 0.29) is 23.7 Å². The summed E-state index contributed by atoms with van der Waals surface area (Å²) < 4.78 is 10.7. The normalized spacial score (nSPS) is 23.9. The molecule has 2 bridgehead atoms. The maximum Gasteiger partial charge on any atom is 0.238 e. The van der Waals surface area contributed by atoms with Crippen LogP contribution in [0.2, 0.25) is 5.02 Å². The average Bonchev–Trinajstić information content (AvgIpc) is 3.54. The second kappa shape index (κ2) is 8.68. The molecule has 1 aliphatic heterocycles. The standard InChI is InChI=1S/C30H24ClNO4/c1-35-21-10-6-17(7-11-21)25(18-8-12-22(36-2)13-9-18)26-23-14-15-24(26)28-27(23)29(33)32(30(28)34)20-5-3-4-19(31)16-20/h3-16,23-24,27-28H,1-2H3/t23-,24-,27-,28+/m1/s1. The summed E-state index contributed by atoms with van der Waals surface area (Å²) in [5, 5.41) is 0.494. The van der Waals surface area contributed by atoms with Gasteiger partial charge in [-0.1, -0.05) is 54.1 Å². The van der Waals surface area contributed by atoms with Gasteiger partial charge in [0.15, 0.2) is 0 Å². The summed E-state index contributed by atoms with van der Waals surface area (Å²) in [6.07, 6.45) is 4.20. The van der Waals surface area contributed by atoms with Crippen LogP contribution in [0.15, 0.2) is 90.5 Å². The molecular weight excluding hydrogens is 474 g/mol. The maximum atomic E-state index is 13.7. The Morgan fingerprint density at radius 1 is 0.750 bits per heavy atom. The van der Waals surface area contributed by atoms with E-state index in [9.17, 15) is 9.59 Å². The molecule has 2 amide bonds. The van der Waals surface area contributed by atoms with Crippen LogP contribution in [0.5, 0.6) is 11.5 Å². The van der Waals surface area contributed by atoms with E-state index in [0.717, 1.165) is 33.8 Å². The number of fused-ring (bicyclic) bond motifs is 5. The van der Waals surface area contributed by atoms with Crippen molar-refractivity contribution in [2.75, 3.05) is 19.1 Å². The molecule has 3 aliphatic rings. The molecule has 0 spiro atoms. The van der Waals surface area contributed by atoms with E-state index in [4.69, 9.17) is 21.1 Å². The van der Waals surface area contributed by atoms with Crippen LogP contribution in [0, 0.1) is 23.7 Å². The molecule has 2 aliphatic carbocycles. The number of hydrogen-bond acceptors (Lipinski definition) is 4. The van der Waals surface area contributed by atoms with E-state index in [0.29, 0.717) is 10.7 Å². The molecule has 4 atom stereocenters. The van der Waals surface area contributed by atoms with E-state index in [1.165, 1.54) is 4.90 Å². The predicted octanol–water partition coefficient (Wildman–Crippen LogP) is 5.78. The molecule has 1 heterocycles. The molecule has 0 N–H and O–H groups in total. The molecule has 6 rings (SSSR count). The van der Waals surface area contributed by atoms with Crippen LogP contribution in [0.25, 0.3) is 5.57 Å². The number of rotatable bonds is 5. The zero-order valence-corrected chi connectivity index (χ0v) is 20.6. The van der Waals surface area contributed by atoms with Crippen molar-refractivity contribution in [2.45, 2.75) is 0 Å². The van der Waals surface area contributed by atoms with Gasteiger partial charge in [-0.15, -0.1) is 0 Å². The van der Waals surface area contributed by atoms with Crippen LogP contribution in [-0.2, 0) is 9.59 Å². The summed E-state index contributed by atoms with van der Waals surface area (Å²) in [6.45, 7) is 0. The van der Waals surface area contributed by atoms with Crippen molar-refractivity contribution in [1.29, 1.82) is 0 Å². The number of ether oxygens (including phenoxy) is 2. The van der Waals surface area contributed by atoms with Crippen LogP contribution in [-0.4, -0.2) is 26.0 Å². The summed E-state index contributed by atoms with van der Waals surface area (Å²) in [7, 11) is 3.28. The number of carbonyl (C=O) groups is 2. The van der Waals surface area contributed by atoms with Gasteiger partial charge in [0.1, 0.15) is 11.5 Å². The lowest BCUT2D eigenvalue weighted by atomic mass is 9.85. The number of methoxy groups -OCH3 is 2. The molecule has 1 saturated heterocycles. The third-order valence-electron chi connectivity index (χ3n) is 7.53. The number of imide groups is 1. The summed E-state index contributed by atoms with van der Waals surface area (Å²) in [6, 6.07) is 22.8. The number of benzene rings is 3. The Bertz CT molecular complexity index is 1340. The van der Waals surface area contributed by atoms with E-state index in [1.807, 2.05) is 48.5 Å². The van der Waals surface area contributed by atoms with Crippen LogP contribution in [0.4, 0.5) is 5.69 Å². The Labute approximate surface area is 214 Å². The largest absolute Gasteiger partial charge is 0.497 e. The van der Waals surface area contributed by atoms with Gasteiger partial charge in [0.25, 0.3) is 0 Å². The van der Waals surface area contributed by atoms with E-state index in [1.54, 1.807) is 38.5 Å². The monoisotopic (exact) mass is 497 g/mol. The third kappa shape index (κ3) is 3.38. The first-order chi connectivity index (χ1) is 17.5. The highest BCUT2D eigenvalue weighted by atomic mass is 35.5. The molecule has 2 fully saturated rings. The number of anilines is 1. The van der Waals surface area contributed by atoms with E-state index >= 15 is 0 Å². The van der Waals surface area contributed by atoms with Gasteiger partial charge in [0, 0.05) is 16.9 Å². The van der Waals surface area contributed by atoms with Gasteiger partial charge < -0.3 is 9.47 Å². The minimum atomic E-state index is -0.423. The first-order valence-corrected chi connectivity index (χ1v) is 12.2. The van der Waals surface area contributed by atoms with Crippen LogP contribution < -0.4 is 14.4 Å². The Morgan fingerprint density at radius 2 is 1.25 bits per heavy atom. The molecule has 0 radical (unpaired) electrons. The van der Waals surface area contributed by atoms with Gasteiger partial charge in [-0.25, -0.2) is 4.90 Å². The highest BCUT2D eigenvalue weighted by molar-refractivity contribution is 6.31. The second-order valence-corrected chi connectivity index (χ2v) is 9.70. The molecule has 180 valence electrons. The fraction of sp³-hybridized carbons (Fsp3) is 0.200. The van der Waals surface area contributed by atoms with Crippen molar-refractivity contribution in [1.82, 2.24) is 0 Å². The second-order valence-electron chi connectivity index (χ2n) is 9.27. The number of nitrogens with zero attached hydrogens (tertiary/aromatic N) is 1. The van der Waals surface area contributed by atoms with Crippen molar-refractivity contribution in [3.8, 4) is 11.5 Å². The number of hydrogen-bond donors (Lipinski definition) is 0. The molecule has 3 aromatic carbocycles. The summed E-state index contributed by atoms with van der Waals surface area (Å²) >= 11 is 6.17. The first-order valence-electron chi connectivity index (χ1n) is 11.9. The minimum absolute atomic E-state index is 0.153. The maximum absolute atomic E-state index is 13.7. The Kier molecular flexibility index (Phi) is 5.45. The van der Waals surface area contributed by atoms with Gasteiger partial charge in [-0.2, -0.15) is 0 Å². The minimum Gasteiger partial charge on any atom is -0.497 e. The number of halogens is 1. The molecule has 3 aromatic rings. The zero-order valence-electron chi connectivity index (χ0n) is 19.9. The van der Waals surface area contributed by atoms with Gasteiger partial charge in [-0.3, -0.25) is 9.59 Å². The van der Waals surface area contributed by atoms with Crippen molar-refractivity contribution < 1.29 is 19.1 Å². The predicted molar refractivity (Wildman–Crippen MR) is 139 cm³/mol. The van der Waals surface area contributed by atoms with Gasteiger partial charge >= 0.3 is 0 Å². The molecule has 5 nitrogen and oxygen atoms in total. The molecule has 0 unspecified atom stereocenters. The SMILES string of the molecule is COc1ccc(C(=C2[C@H]3C=C[C@H]2[C@H]2C(=O)N(c4cccc(Cl)c4)C(=O)[C@H]23)c2ccc(OC)cc2)cc1. The Hall–Kier alpha value is -3.83. The molecule has 6 heteroatoms. The lowest BCUT2D eigenvalue weighted by Gasteiger charge is -2.22. The lowest BCUT2D eigenvalue weighted by Crippen LogP contribution is -2.33.